The second kappa shape index (κ2) is 6.90. The molecule has 1 atom stereocenters. The summed E-state index contributed by atoms with van der Waals surface area (Å²) < 4.78 is 2.11. The van der Waals surface area contributed by atoms with Crippen molar-refractivity contribution in [2.45, 2.75) is 53.6 Å². The van der Waals surface area contributed by atoms with Crippen LogP contribution in [0.2, 0.25) is 0 Å². The molecule has 0 aliphatic carbocycles. The second-order valence-corrected chi connectivity index (χ2v) is 5.76. The molecule has 3 heteroatoms. The van der Waals surface area contributed by atoms with Gasteiger partial charge in [-0.05, 0) is 63.4 Å². The minimum Gasteiger partial charge on any atom is -0.305 e. The van der Waals surface area contributed by atoms with Crippen LogP contribution < -0.4 is 5.32 Å². The van der Waals surface area contributed by atoms with Crippen molar-refractivity contribution >= 4 is 0 Å². The van der Waals surface area contributed by atoms with Crippen LogP contribution in [0.15, 0.2) is 24.3 Å². The van der Waals surface area contributed by atoms with Crippen molar-refractivity contribution in [1.29, 1.82) is 0 Å². The molecule has 1 unspecified atom stereocenters. The standard InChI is InChI=1S/C18H27N3/c1-6-10-19-18(16-9-8-13(3)14(4)11-16)17-12-15(5)20-21(17)7-2/h8-9,11-12,18-19H,6-7,10H2,1-5H3. The summed E-state index contributed by atoms with van der Waals surface area (Å²) in [6.07, 6.45) is 1.13. The van der Waals surface area contributed by atoms with Crippen LogP contribution in [0.4, 0.5) is 0 Å². The molecule has 1 aromatic carbocycles. The van der Waals surface area contributed by atoms with E-state index in [9.17, 15) is 0 Å². The van der Waals surface area contributed by atoms with Crippen molar-refractivity contribution < 1.29 is 0 Å². The van der Waals surface area contributed by atoms with E-state index in [1.165, 1.54) is 22.4 Å². The molecular weight excluding hydrogens is 258 g/mol. The van der Waals surface area contributed by atoms with Gasteiger partial charge in [0.25, 0.3) is 0 Å². The van der Waals surface area contributed by atoms with Crippen molar-refractivity contribution in [3.63, 3.8) is 0 Å². The van der Waals surface area contributed by atoms with E-state index in [0.717, 1.165) is 25.2 Å². The predicted octanol–water partition coefficient (Wildman–Crippen LogP) is 3.92. The molecule has 1 N–H and O–H groups in total. The highest BCUT2D eigenvalue weighted by Gasteiger charge is 2.18. The van der Waals surface area contributed by atoms with Crippen molar-refractivity contribution in [3.05, 3.63) is 52.3 Å². The smallest absolute Gasteiger partial charge is 0.0748 e. The summed E-state index contributed by atoms with van der Waals surface area (Å²) in [6, 6.07) is 9.16. The molecular formula is C18H27N3. The SMILES string of the molecule is CCCNC(c1ccc(C)c(C)c1)c1cc(C)nn1CC. The van der Waals surface area contributed by atoms with Gasteiger partial charge in [0.1, 0.15) is 0 Å². The number of aryl methyl sites for hydroxylation is 4. The van der Waals surface area contributed by atoms with Gasteiger partial charge in [0.15, 0.2) is 0 Å². The Balaban J connectivity index is 2.43. The summed E-state index contributed by atoms with van der Waals surface area (Å²) in [5, 5.41) is 8.28. The highest BCUT2D eigenvalue weighted by Crippen LogP contribution is 2.25. The van der Waals surface area contributed by atoms with Gasteiger partial charge in [0.2, 0.25) is 0 Å². The van der Waals surface area contributed by atoms with Gasteiger partial charge in [-0.1, -0.05) is 25.1 Å². The van der Waals surface area contributed by atoms with E-state index in [4.69, 9.17) is 0 Å². The van der Waals surface area contributed by atoms with Crippen LogP contribution >= 0.6 is 0 Å². The molecule has 0 amide bonds. The lowest BCUT2D eigenvalue weighted by Gasteiger charge is -2.21. The van der Waals surface area contributed by atoms with Gasteiger partial charge in [0, 0.05) is 6.54 Å². The molecule has 1 aromatic heterocycles. The zero-order valence-corrected chi connectivity index (χ0v) is 13.9. The quantitative estimate of drug-likeness (QED) is 0.872. The molecule has 21 heavy (non-hydrogen) atoms. The Morgan fingerprint density at radius 3 is 2.48 bits per heavy atom. The third-order valence-corrected chi connectivity index (χ3v) is 3.99. The number of nitrogens with one attached hydrogen (secondary N) is 1. The number of nitrogens with zero attached hydrogens (tertiary/aromatic N) is 2. The van der Waals surface area contributed by atoms with Crippen LogP contribution in [0.25, 0.3) is 0 Å². The molecule has 0 spiro atoms. The van der Waals surface area contributed by atoms with Crippen molar-refractivity contribution in [1.82, 2.24) is 15.1 Å². The van der Waals surface area contributed by atoms with E-state index in [1.54, 1.807) is 0 Å². The summed E-state index contributed by atoms with van der Waals surface area (Å²) in [6.45, 7) is 12.7. The minimum absolute atomic E-state index is 0.213. The Morgan fingerprint density at radius 1 is 1.10 bits per heavy atom. The fraction of sp³-hybridized carbons (Fsp3) is 0.500. The molecule has 0 saturated heterocycles. The van der Waals surface area contributed by atoms with Crippen LogP contribution in [0, 0.1) is 20.8 Å². The summed E-state index contributed by atoms with van der Waals surface area (Å²) >= 11 is 0. The van der Waals surface area contributed by atoms with Crippen molar-refractivity contribution in [2.24, 2.45) is 0 Å². The third-order valence-electron chi connectivity index (χ3n) is 3.99. The predicted molar refractivity (Wildman–Crippen MR) is 88.7 cm³/mol. The maximum atomic E-state index is 4.60. The lowest BCUT2D eigenvalue weighted by molar-refractivity contribution is 0.528. The average Bonchev–Trinajstić information content (AvgIpc) is 2.84. The summed E-state index contributed by atoms with van der Waals surface area (Å²) in [5.41, 5.74) is 6.34. The largest absolute Gasteiger partial charge is 0.305 e. The zero-order chi connectivity index (χ0) is 15.4. The Hall–Kier alpha value is -1.61. The topological polar surface area (TPSA) is 29.9 Å². The summed E-state index contributed by atoms with van der Waals surface area (Å²) in [5.74, 6) is 0. The van der Waals surface area contributed by atoms with E-state index in [1.807, 2.05) is 0 Å². The number of benzene rings is 1. The molecule has 0 aliphatic heterocycles. The van der Waals surface area contributed by atoms with Crippen LogP contribution in [0.1, 0.15) is 54.4 Å². The molecule has 0 saturated carbocycles. The molecule has 3 nitrogen and oxygen atoms in total. The summed E-state index contributed by atoms with van der Waals surface area (Å²) in [4.78, 5) is 0. The van der Waals surface area contributed by atoms with Gasteiger partial charge in [-0.3, -0.25) is 4.68 Å². The van der Waals surface area contributed by atoms with Gasteiger partial charge >= 0.3 is 0 Å². The molecule has 0 radical (unpaired) electrons. The summed E-state index contributed by atoms with van der Waals surface area (Å²) in [7, 11) is 0. The Bertz CT molecular complexity index is 599. The lowest BCUT2D eigenvalue weighted by Crippen LogP contribution is -2.25. The number of aromatic nitrogens is 2. The van der Waals surface area contributed by atoms with Gasteiger partial charge in [-0.25, -0.2) is 0 Å². The van der Waals surface area contributed by atoms with Gasteiger partial charge in [0.05, 0.1) is 17.4 Å². The van der Waals surface area contributed by atoms with Crippen LogP contribution in [0.3, 0.4) is 0 Å². The first-order chi connectivity index (χ1) is 10.1. The lowest BCUT2D eigenvalue weighted by atomic mass is 9.98. The molecule has 0 bridgehead atoms. The fourth-order valence-electron chi connectivity index (χ4n) is 2.68. The van der Waals surface area contributed by atoms with E-state index in [2.05, 4.69) is 74.0 Å². The molecule has 2 rings (SSSR count). The minimum atomic E-state index is 0.213. The number of hydrogen-bond donors (Lipinski definition) is 1. The van der Waals surface area contributed by atoms with E-state index in [0.29, 0.717) is 0 Å². The number of rotatable bonds is 6. The fourth-order valence-corrected chi connectivity index (χ4v) is 2.68. The molecule has 114 valence electrons. The zero-order valence-electron chi connectivity index (χ0n) is 13.9. The first kappa shape index (κ1) is 15.8. The van der Waals surface area contributed by atoms with E-state index in [-0.39, 0.29) is 6.04 Å². The van der Waals surface area contributed by atoms with E-state index < -0.39 is 0 Å². The first-order valence-corrected chi connectivity index (χ1v) is 7.91. The van der Waals surface area contributed by atoms with Gasteiger partial charge in [-0.15, -0.1) is 0 Å². The Morgan fingerprint density at radius 2 is 1.86 bits per heavy atom. The maximum Gasteiger partial charge on any atom is 0.0748 e. The highest BCUT2D eigenvalue weighted by molar-refractivity contribution is 5.35. The monoisotopic (exact) mass is 285 g/mol. The van der Waals surface area contributed by atoms with Crippen LogP contribution in [0.5, 0.6) is 0 Å². The highest BCUT2D eigenvalue weighted by atomic mass is 15.3. The molecule has 0 aliphatic rings. The van der Waals surface area contributed by atoms with Crippen molar-refractivity contribution in [3.8, 4) is 0 Å². The van der Waals surface area contributed by atoms with Crippen molar-refractivity contribution in [2.75, 3.05) is 6.54 Å². The first-order valence-electron chi connectivity index (χ1n) is 7.91. The molecule has 0 fully saturated rings. The molecule has 2 aromatic rings. The Kier molecular flexibility index (Phi) is 5.18. The normalized spacial score (nSPS) is 12.6. The Labute approximate surface area is 128 Å². The van der Waals surface area contributed by atoms with Gasteiger partial charge < -0.3 is 5.32 Å². The molecule has 1 heterocycles. The number of hydrogen-bond acceptors (Lipinski definition) is 2. The van der Waals surface area contributed by atoms with E-state index >= 15 is 0 Å². The van der Waals surface area contributed by atoms with Gasteiger partial charge in [-0.2, -0.15) is 5.10 Å². The average molecular weight is 285 g/mol. The van der Waals surface area contributed by atoms with Crippen LogP contribution in [-0.2, 0) is 6.54 Å². The third kappa shape index (κ3) is 3.53. The second-order valence-electron chi connectivity index (χ2n) is 5.76. The van der Waals surface area contributed by atoms with Crippen LogP contribution in [-0.4, -0.2) is 16.3 Å². The maximum absolute atomic E-state index is 4.60.